The SMILES string of the molecule is CC(C)CCCC(C)CCCC(C)N1CCC2C(C)C(O)C[C@@H](C)C2C1. The first-order chi connectivity index (χ1) is 12.3. The number of aliphatic hydroxyl groups is 1. The fourth-order valence-electron chi connectivity index (χ4n) is 5.70. The van der Waals surface area contributed by atoms with Crippen molar-refractivity contribution < 1.29 is 5.11 Å². The monoisotopic (exact) mass is 365 g/mol. The molecule has 2 nitrogen and oxygen atoms in total. The van der Waals surface area contributed by atoms with Crippen molar-refractivity contribution in [2.75, 3.05) is 13.1 Å². The van der Waals surface area contributed by atoms with Crippen LogP contribution in [0.1, 0.15) is 92.9 Å². The van der Waals surface area contributed by atoms with E-state index in [1.807, 2.05) is 0 Å². The van der Waals surface area contributed by atoms with E-state index in [2.05, 4.69) is 46.4 Å². The molecular formula is C24H47NO. The summed E-state index contributed by atoms with van der Waals surface area (Å²) < 4.78 is 0. The van der Waals surface area contributed by atoms with Gasteiger partial charge in [0.1, 0.15) is 0 Å². The lowest BCUT2D eigenvalue weighted by atomic mass is 9.63. The van der Waals surface area contributed by atoms with Crippen molar-refractivity contribution in [1.29, 1.82) is 0 Å². The predicted octanol–water partition coefficient (Wildman–Crippen LogP) is 5.98. The maximum Gasteiger partial charge on any atom is 0.0571 e. The molecule has 7 atom stereocenters. The Bertz CT molecular complexity index is 396. The van der Waals surface area contributed by atoms with Crippen LogP contribution in [0.4, 0.5) is 0 Å². The standard InChI is InChI=1S/C24H47NO/c1-17(2)9-7-10-18(3)11-8-12-20(5)25-14-13-22-21(6)24(26)15-19(4)23(22)16-25/h17-24,26H,7-16H2,1-6H3/t18?,19-,20?,21?,22?,23?,24?/m1/s1. The molecule has 2 rings (SSSR count). The first-order valence-corrected chi connectivity index (χ1v) is 11.7. The molecule has 0 aromatic heterocycles. The molecule has 2 fully saturated rings. The van der Waals surface area contributed by atoms with Crippen molar-refractivity contribution in [3.63, 3.8) is 0 Å². The van der Waals surface area contributed by atoms with E-state index in [0.29, 0.717) is 11.8 Å². The Morgan fingerprint density at radius 2 is 1.58 bits per heavy atom. The van der Waals surface area contributed by atoms with Gasteiger partial charge < -0.3 is 10.0 Å². The average molecular weight is 366 g/mol. The Kier molecular flexibility index (Phi) is 8.94. The molecule has 1 saturated carbocycles. The lowest BCUT2D eigenvalue weighted by molar-refractivity contribution is -0.0612. The summed E-state index contributed by atoms with van der Waals surface area (Å²) >= 11 is 0. The molecule has 2 aliphatic rings. The molecule has 1 heterocycles. The van der Waals surface area contributed by atoms with E-state index in [1.54, 1.807) is 0 Å². The number of hydrogen-bond donors (Lipinski definition) is 1. The zero-order valence-corrected chi connectivity index (χ0v) is 18.6. The van der Waals surface area contributed by atoms with Gasteiger partial charge in [-0.1, -0.05) is 66.7 Å². The quantitative estimate of drug-likeness (QED) is 0.543. The lowest BCUT2D eigenvalue weighted by Crippen LogP contribution is -2.52. The van der Waals surface area contributed by atoms with Crippen molar-refractivity contribution in [3.05, 3.63) is 0 Å². The minimum Gasteiger partial charge on any atom is -0.393 e. The van der Waals surface area contributed by atoms with Crippen LogP contribution in [0.25, 0.3) is 0 Å². The van der Waals surface area contributed by atoms with E-state index in [9.17, 15) is 5.11 Å². The second-order valence-corrected chi connectivity index (χ2v) is 10.5. The van der Waals surface area contributed by atoms with Gasteiger partial charge in [-0.3, -0.25) is 0 Å². The molecule has 1 saturated heterocycles. The summed E-state index contributed by atoms with van der Waals surface area (Å²) in [5.74, 6) is 4.49. The third kappa shape index (κ3) is 6.23. The summed E-state index contributed by atoms with van der Waals surface area (Å²) in [4.78, 5) is 2.77. The normalized spacial score (nSPS) is 35.3. The topological polar surface area (TPSA) is 23.5 Å². The van der Waals surface area contributed by atoms with Gasteiger partial charge in [0.25, 0.3) is 0 Å². The Labute approximate surface area is 164 Å². The Morgan fingerprint density at radius 3 is 2.23 bits per heavy atom. The van der Waals surface area contributed by atoms with Crippen LogP contribution in [-0.4, -0.2) is 35.2 Å². The van der Waals surface area contributed by atoms with Crippen LogP contribution in [0.5, 0.6) is 0 Å². The van der Waals surface area contributed by atoms with Crippen molar-refractivity contribution in [2.24, 2.45) is 35.5 Å². The van der Waals surface area contributed by atoms with Crippen LogP contribution in [0, 0.1) is 35.5 Å². The van der Waals surface area contributed by atoms with E-state index >= 15 is 0 Å². The van der Waals surface area contributed by atoms with Gasteiger partial charge in [0, 0.05) is 12.6 Å². The molecule has 1 aliphatic heterocycles. The zero-order valence-electron chi connectivity index (χ0n) is 18.6. The number of aliphatic hydroxyl groups excluding tert-OH is 1. The highest BCUT2D eigenvalue weighted by molar-refractivity contribution is 4.94. The summed E-state index contributed by atoms with van der Waals surface area (Å²) in [6.45, 7) is 16.8. The number of nitrogens with zero attached hydrogens (tertiary/aromatic N) is 1. The molecule has 1 aliphatic carbocycles. The van der Waals surface area contributed by atoms with Crippen molar-refractivity contribution in [3.8, 4) is 0 Å². The lowest BCUT2D eigenvalue weighted by Gasteiger charge is -2.50. The molecule has 2 heteroatoms. The van der Waals surface area contributed by atoms with Crippen molar-refractivity contribution >= 4 is 0 Å². The van der Waals surface area contributed by atoms with E-state index in [0.717, 1.165) is 36.1 Å². The van der Waals surface area contributed by atoms with E-state index in [4.69, 9.17) is 0 Å². The molecule has 6 unspecified atom stereocenters. The highest BCUT2D eigenvalue weighted by Gasteiger charge is 2.43. The van der Waals surface area contributed by atoms with E-state index < -0.39 is 0 Å². The molecular weight excluding hydrogens is 318 g/mol. The molecule has 0 aromatic rings. The fourth-order valence-corrected chi connectivity index (χ4v) is 5.70. The first-order valence-electron chi connectivity index (χ1n) is 11.7. The van der Waals surface area contributed by atoms with Gasteiger partial charge >= 0.3 is 0 Å². The Hall–Kier alpha value is -0.0800. The summed E-state index contributed by atoms with van der Waals surface area (Å²) in [6.07, 6.45) is 10.6. The van der Waals surface area contributed by atoms with Crippen LogP contribution in [0.3, 0.4) is 0 Å². The van der Waals surface area contributed by atoms with Crippen LogP contribution in [0.2, 0.25) is 0 Å². The fraction of sp³-hybridized carbons (Fsp3) is 1.00. The van der Waals surface area contributed by atoms with Crippen LogP contribution in [-0.2, 0) is 0 Å². The molecule has 1 N–H and O–H groups in total. The van der Waals surface area contributed by atoms with Gasteiger partial charge in [0.2, 0.25) is 0 Å². The molecule has 154 valence electrons. The molecule has 0 radical (unpaired) electrons. The van der Waals surface area contributed by atoms with Crippen LogP contribution < -0.4 is 0 Å². The summed E-state index contributed by atoms with van der Waals surface area (Å²) in [5.41, 5.74) is 0. The maximum atomic E-state index is 10.3. The smallest absolute Gasteiger partial charge is 0.0571 e. The first kappa shape index (κ1) is 22.2. The summed E-state index contributed by atoms with van der Waals surface area (Å²) in [7, 11) is 0. The molecule has 0 spiro atoms. The summed E-state index contributed by atoms with van der Waals surface area (Å²) in [5, 5.41) is 10.3. The Morgan fingerprint density at radius 1 is 0.923 bits per heavy atom. The van der Waals surface area contributed by atoms with Crippen LogP contribution >= 0.6 is 0 Å². The van der Waals surface area contributed by atoms with Crippen molar-refractivity contribution in [2.45, 2.75) is 105 Å². The highest BCUT2D eigenvalue weighted by Crippen LogP contribution is 2.43. The molecule has 0 aromatic carbocycles. The maximum absolute atomic E-state index is 10.3. The number of rotatable bonds is 9. The van der Waals surface area contributed by atoms with E-state index in [-0.39, 0.29) is 6.10 Å². The van der Waals surface area contributed by atoms with Gasteiger partial charge in [0.05, 0.1) is 6.10 Å². The third-order valence-corrected chi connectivity index (χ3v) is 7.79. The minimum atomic E-state index is -0.0626. The van der Waals surface area contributed by atoms with Gasteiger partial charge in [-0.15, -0.1) is 0 Å². The number of hydrogen-bond acceptors (Lipinski definition) is 2. The zero-order chi connectivity index (χ0) is 19.3. The highest BCUT2D eigenvalue weighted by atomic mass is 16.3. The van der Waals surface area contributed by atoms with Gasteiger partial charge in [-0.25, -0.2) is 0 Å². The molecule has 26 heavy (non-hydrogen) atoms. The Balaban J connectivity index is 1.69. The second kappa shape index (κ2) is 10.5. The largest absolute Gasteiger partial charge is 0.393 e. The van der Waals surface area contributed by atoms with E-state index in [1.165, 1.54) is 58.0 Å². The van der Waals surface area contributed by atoms with Crippen LogP contribution in [0.15, 0.2) is 0 Å². The molecule has 0 amide bonds. The third-order valence-electron chi connectivity index (χ3n) is 7.79. The minimum absolute atomic E-state index is 0.0626. The molecule has 0 bridgehead atoms. The number of likely N-dealkylation sites (tertiary alicyclic amines) is 1. The average Bonchev–Trinajstić information content (AvgIpc) is 2.59. The van der Waals surface area contributed by atoms with Gasteiger partial charge in [0.15, 0.2) is 0 Å². The summed E-state index contributed by atoms with van der Waals surface area (Å²) in [6, 6.07) is 0.730. The predicted molar refractivity (Wildman–Crippen MR) is 113 cm³/mol. The number of fused-ring (bicyclic) bond motifs is 1. The number of piperidine rings is 1. The van der Waals surface area contributed by atoms with Gasteiger partial charge in [-0.2, -0.15) is 0 Å². The van der Waals surface area contributed by atoms with Crippen molar-refractivity contribution in [1.82, 2.24) is 4.90 Å². The second-order valence-electron chi connectivity index (χ2n) is 10.5. The van der Waals surface area contributed by atoms with Gasteiger partial charge in [-0.05, 0) is 68.2 Å².